The van der Waals surface area contributed by atoms with Crippen LogP contribution in [-0.4, -0.2) is 44.1 Å². The lowest BCUT2D eigenvalue weighted by atomic mass is 10.1. The molecule has 1 fully saturated rings. The first-order valence-electron chi connectivity index (χ1n) is 10.3. The van der Waals surface area contributed by atoms with Crippen molar-refractivity contribution in [2.45, 2.75) is 37.1 Å². The summed E-state index contributed by atoms with van der Waals surface area (Å²) >= 11 is 0. The van der Waals surface area contributed by atoms with E-state index in [-0.39, 0.29) is 35.5 Å². The molecule has 0 aliphatic carbocycles. The number of nitrogens with zero attached hydrogens (tertiary/aromatic N) is 2. The number of carbonyl (C=O) groups is 2. The number of anilines is 1. The second-order valence-corrected chi connectivity index (χ2v) is 9.25. The zero-order chi connectivity index (χ0) is 21.8. The van der Waals surface area contributed by atoms with E-state index in [0.29, 0.717) is 24.2 Å². The second-order valence-electron chi connectivity index (χ2n) is 7.60. The number of benzene rings is 2. The Hall–Kier alpha value is -3.20. The van der Waals surface area contributed by atoms with Crippen LogP contribution in [0.4, 0.5) is 5.69 Å². The summed E-state index contributed by atoms with van der Waals surface area (Å²) in [5.41, 5.74) is 2.14. The van der Waals surface area contributed by atoms with Gasteiger partial charge in [-0.3, -0.25) is 19.3 Å². The van der Waals surface area contributed by atoms with Crippen molar-refractivity contribution in [2.24, 2.45) is 4.99 Å². The highest BCUT2D eigenvalue weighted by Gasteiger charge is 2.29. The SMILES string of the molecule is O=C(CCN=C1NS(=O)(=O)c2ccccc21)Nc1cccc(CN2CCCCC2=O)c1. The summed E-state index contributed by atoms with van der Waals surface area (Å²) in [5, 5.41) is 2.84. The van der Waals surface area contributed by atoms with Gasteiger partial charge < -0.3 is 10.2 Å². The molecule has 0 unspecified atom stereocenters. The lowest BCUT2D eigenvalue weighted by Gasteiger charge is -2.26. The van der Waals surface area contributed by atoms with Crippen molar-refractivity contribution >= 4 is 33.4 Å². The maximum Gasteiger partial charge on any atom is 0.263 e. The molecule has 162 valence electrons. The molecule has 2 heterocycles. The minimum absolute atomic E-state index is 0.113. The summed E-state index contributed by atoms with van der Waals surface area (Å²) in [5.74, 6) is 0.213. The topological polar surface area (TPSA) is 108 Å². The van der Waals surface area contributed by atoms with E-state index in [1.54, 1.807) is 24.3 Å². The smallest absolute Gasteiger partial charge is 0.263 e. The monoisotopic (exact) mass is 440 g/mol. The summed E-state index contributed by atoms with van der Waals surface area (Å²) in [6.45, 7) is 1.46. The predicted octanol–water partition coefficient (Wildman–Crippen LogP) is 2.27. The fourth-order valence-corrected chi connectivity index (χ4v) is 4.99. The zero-order valence-electron chi connectivity index (χ0n) is 17.0. The fourth-order valence-electron chi connectivity index (χ4n) is 3.74. The van der Waals surface area contributed by atoms with E-state index in [0.717, 1.165) is 24.9 Å². The van der Waals surface area contributed by atoms with Gasteiger partial charge in [0.15, 0.2) is 0 Å². The van der Waals surface area contributed by atoms with Gasteiger partial charge in [0.25, 0.3) is 10.0 Å². The Kier molecular flexibility index (Phi) is 6.03. The van der Waals surface area contributed by atoms with Crippen LogP contribution in [0.2, 0.25) is 0 Å². The number of nitrogens with one attached hydrogen (secondary N) is 2. The summed E-state index contributed by atoms with van der Waals surface area (Å²) in [4.78, 5) is 30.6. The van der Waals surface area contributed by atoms with E-state index in [2.05, 4.69) is 15.0 Å². The number of rotatable bonds is 6. The molecule has 0 spiro atoms. The first-order valence-corrected chi connectivity index (χ1v) is 11.7. The number of likely N-dealkylation sites (tertiary alicyclic amines) is 1. The molecule has 2 amide bonds. The summed E-state index contributed by atoms with van der Waals surface area (Å²) in [6, 6.07) is 14.1. The van der Waals surface area contributed by atoms with E-state index < -0.39 is 10.0 Å². The highest BCUT2D eigenvalue weighted by molar-refractivity contribution is 7.90. The molecule has 2 aromatic rings. The number of piperidine rings is 1. The molecule has 4 rings (SSSR count). The van der Waals surface area contributed by atoms with Crippen LogP contribution in [-0.2, 0) is 26.2 Å². The maximum atomic E-state index is 12.3. The predicted molar refractivity (Wildman–Crippen MR) is 117 cm³/mol. The number of amidine groups is 1. The highest BCUT2D eigenvalue weighted by atomic mass is 32.2. The maximum absolute atomic E-state index is 12.3. The van der Waals surface area contributed by atoms with Gasteiger partial charge in [-0.25, -0.2) is 8.42 Å². The normalized spacial score (nSPS) is 18.5. The van der Waals surface area contributed by atoms with Crippen LogP contribution >= 0.6 is 0 Å². The highest BCUT2D eigenvalue weighted by Crippen LogP contribution is 2.22. The first kappa shape index (κ1) is 21.0. The Balaban J connectivity index is 1.34. The van der Waals surface area contributed by atoms with Crippen molar-refractivity contribution < 1.29 is 18.0 Å². The van der Waals surface area contributed by atoms with Crippen molar-refractivity contribution in [2.75, 3.05) is 18.4 Å². The van der Waals surface area contributed by atoms with Crippen LogP contribution in [0.15, 0.2) is 58.4 Å². The minimum Gasteiger partial charge on any atom is -0.338 e. The van der Waals surface area contributed by atoms with Gasteiger partial charge in [-0.2, -0.15) is 0 Å². The molecule has 2 aliphatic rings. The summed E-state index contributed by atoms with van der Waals surface area (Å²) in [6.07, 6.45) is 2.68. The third-order valence-corrected chi connectivity index (χ3v) is 6.67. The van der Waals surface area contributed by atoms with Crippen LogP contribution in [0.3, 0.4) is 0 Å². The Morgan fingerprint density at radius 1 is 1.13 bits per heavy atom. The van der Waals surface area contributed by atoms with Gasteiger partial charge in [0.2, 0.25) is 11.8 Å². The zero-order valence-corrected chi connectivity index (χ0v) is 17.8. The third-order valence-electron chi connectivity index (χ3n) is 5.28. The third kappa shape index (κ3) is 4.93. The second kappa shape index (κ2) is 8.89. The first-order chi connectivity index (χ1) is 14.9. The van der Waals surface area contributed by atoms with Gasteiger partial charge in [0, 0.05) is 37.2 Å². The molecule has 0 aromatic heterocycles. The van der Waals surface area contributed by atoms with Crippen molar-refractivity contribution in [3.63, 3.8) is 0 Å². The number of hydrogen-bond donors (Lipinski definition) is 2. The standard InChI is InChI=1S/C22H24N4O4S/c27-20(11-12-23-22-18-8-1-2-9-19(18)31(29,30)25-22)24-17-7-5-6-16(14-17)15-26-13-4-3-10-21(26)28/h1-2,5-9,14H,3-4,10-13,15H2,(H,23,25)(H,24,27). The Morgan fingerprint density at radius 2 is 1.97 bits per heavy atom. The molecule has 8 nitrogen and oxygen atoms in total. The number of hydrogen-bond acceptors (Lipinski definition) is 5. The molecule has 31 heavy (non-hydrogen) atoms. The van der Waals surface area contributed by atoms with E-state index in [9.17, 15) is 18.0 Å². The van der Waals surface area contributed by atoms with Crippen molar-refractivity contribution in [1.82, 2.24) is 9.62 Å². The van der Waals surface area contributed by atoms with E-state index in [1.807, 2.05) is 23.1 Å². The van der Waals surface area contributed by atoms with E-state index in [4.69, 9.17) is 0 Å². The lowest BCUT2D eigenvalue weighted by Crippen LogP contribution is -2.34. The Morgan fingerprint density at radius 3 is 2.81 bits per heavy atom. The molecule has 9 heteroatoms. The molecular formula is C22H24N4O4S. The largest absolute Gasteiger partial charge is 0.338 e. The number of carbonyl (C=O) groups excluding carboxylic acids is 2. The average molecular weight is 441 g/mol. The molecule has 2 aromatic carbocycles. The van der Waals surface area contributed by atoms with Gasteiger partial charge in [0.1, 0.15) is 5.84 Å². The molecule has 2 N–H and O–H groups in total. The lowest BCUT2D eigenvalue weighted by molar-refractivity contribution is -0.133. The fraction of sp³-hybridized carbons (Fsp3) is 0.318. The van der Waals surface area contributed by atoms with Gasteiger partial charge in [0.05, 0.1) is 11.4 Å². The summed E-state index contributed by atoms with van der Waals surface area (Å²) < 4.78 is 26.6. The average Bonchev–Trinajstić information content (AvgIpc) is 3.00. The van der Waals surface area contributed by atoms with Gasteiger partial charge in [-0.05, 0) is 42.7 Å². The van der Waals surface area contributed by atoms with Gasteiger partial charge in [-0.15, -0.1) is 0 Å². The van der Waals surface area contributed by atoms with Crippen molar-refractivity contribution in [1.29, 1.82) is 0 Å². The molecule has 0 saturated carbocycles. The van der Waals surface area contributed by atoms with E-state index >= 15 is 0 Å². The molecule has 0 radical (unpaired) electrons. The van der Waals surface area contributed by atoms with Gasteiger partial charge in [-0.1, -0.05) is 24.3 Å². The molecule has 0 bridgehead atoms. The molecule has 0 atom stereocenters. The number of sulfonamides is 1. The van der Waals surface area contributed by atoms with Crippen LogP contribution in [0.1, 0.15) is 36.8 Å². The summed E-state index contributed by atoms with van der Waals surface area (Å²) in [7, 11) is -3.58. The number of aliphatic imine (C=N–C) groups is 1. The van der Waals surface area contributed by atoms with Crippen LogP contribution in [0.25, 0.3) is 0 Å². The minimum atomic E-state index is -3.58. The van der Waals surface area contributed by atoms with Crippen molar-refractivity contribution in [3.05, 3.63) is 59.7 Å². The van der Waals surface area contributed by atoms with E-state index in [1.165, 1.54) is 6.07 Å². The van der Waals surface area contributed by atoms with Crippen LogP contribution < -0.4 is 10.0 Å². The number of amides is 2. The van der Waals surface area contributed by atoms with Gasteiger partial charge >= 0.3 is 0 Å². The van der Waals surface area contributed by atoms with Crippen molar-refractivity contribution in [3.8, 4) is 0 Å². The van der Waals surface area contributed by atoms with Crippen LogP contribution in [0.5, 0.6) is 0 Å². The Labute approximate surface area is 181 Å². The quantitative estimate of drug-likeness (QED) is 0.718. The Bertz CT molecular complexity index is 1140. The number of fused-ring (bicyclic) bond motifs is 1. The molecular weight excluding hydrogens is 416 g/mol. The molecule has 2 aliphatic heterocycles. The van der Waals surface area contributed by atoms with Crippen LogP contribution in [0, 0.1) is 0 Å². The molecule has 1 saturated heterocycles.